The fourth-order valence-corrected chi connectivity index (χ4v) is 1.74. The summed E-state index contributed by atoms with van der Waals surface area (Å²) >= 11 is 1.74. The average molecular weight is 197 g/mol. The Hall–Kier alpha value is -0.770. The zero-order chi connectivity index (χ0) is 9.52. The van der Waals surface area contributed by atoms with Gasteiger partial charge in [0.15, 0.2) is 0 Å². The highest BCUT2D eigenvalue weighted by atomic mass is 32.2. The van der Waals surface area contributed by atoms with E-state index in [9.17, 15) is 0 Å². The van der Waals surface area contributed by atoms with E-state index in [0.717, 1.165) is 10.8 Å². The Bertz CT molecular complexity index is 235. The molecule has 2 N–H and O–H groups in total. The Morgan fingerprint density at radius 2 is 2.15 bits per heavy atom. The summed E-state index contributed by atoms with van der Waals surface area (Å²) in [5.74, 6) is 1.60. The molecular formula is C9H15N3S. The Balaban J connectivity index is 2.25. The molecule has 0 saturated carbocycles. The summed E-state index contributed by atoms with van der Waals surface area (Å²) in [5.41, 5.74) is 5.42. The first-order chi connectivity index (χ1) is 6.33. The lowest BCUT2D eigenvalue weighted by Crippen LogP contribution is -1.91. The predicted molar refractivity (Wildman–Crippen MR) is 56.7 cm³/mol. The molecule has 4 heteroatoms. The van der Waals surface area contributed by atoms with E-state index in [1.165, 1.54) is 19.3 Å². The third-order valence-electron chi connectivity index (χ3n) is 1.65. The van der Waals surface area contributed by atoms with Crippen molar-refractivity contribution in [1.82, 2.24) is 9.97 Å². The molecule has 13 heavy (non-hydrogen) atoms. The molecule has 0 aliphatic heterocycles. The van der Waals surface area contributed by atoms with Crippen molar-refractivity contribution < 1.29 is 0 Å². The number of nitrogens with two attached hydrogens (primary N) is 1. The number of unbranched alkanes of at least 4 members (excludes halogenated alkanes) is 2. The quantitative estimate of drug-likeness (QED) is 0.581. The van der Waals surface area contributed by atoms with Crippen LogP contribution in [0.4, 0.5) is 5.82 Å². The molecule has 0 fully saturated rings. The topological polar surface area (TPSA) is 51.8 Å². The normalized spacial score (nSPS) is 10.2. The number of anilines is 1. The molecule has 0 atom stereocenters. The SMILES string of the molecule is CCCCCSc1cnc(N)cn1. The molecule has 0 aliphatic rings. The number of aromatic nitrogens is 2. The van der Waals surface area contributed by atoms with Crippen LogP contribution in [-0.2, 0) is 0 Å². The first-order valence-electron chi connectivity index (χ1n) is 4.53. The van der Waals surface area contributed by atoms with Gasteiger partial charge in [-0.1, -0.05) is 19.8 Å². The molecule has 0 aliphatic carbocycles. The number of thioether (sulfide) groups is 1. The number of hydrogen-bond donors (Lipinski definition) is 1. The maximum absolute atomic E-state index is 5.42. The number of nitrogen functional groups attached to an aromatic ring is 1. The molecule has 0 bridgehead atoms. The molecule has 72 valence electrons. The fourth-order valence-electron chi connectivity index (χ4n) is 0.930. The summed E-state index contributed by atoms with van der Waals surface area (Å²) in [6, 6.07) is 0. The predicted octanol–water partition coefficient (Wildman–Crippen LogP) is 2.34. The van der Waals surface area contributed by atoms with Crippen molar-refractivity contribution >= 4 is 17.6 Å². The molecule has 1 heterocycles. The van der Waals surface area contributed by atoms with Gasteiger partial charge in [-0.05, 0) is 12.2 Å². The fraction of sp³-hybridized carbons (Fsp3) is 0.556. The van der Waals surface area contributed by atoms with Gasteiger partial charge in [-0.3, -0.25) is 0 Å². The number of rotatable bonds is 5. The van der Waals surface area contributed by atoms with Crippen LogP contribution in [0.1, 0.15) is 26.2 Å². The summed E-state index contributed by atoms with van der Waals surface area (Å²) in [5, 5.41) is 0.963. The first kappa shape index (κ1) is 10.3. The summed E-state index contributed by atoms with van der Waals surface area (Å²) in [7, 11) is 0. The minimum absolute atomic E-state index is 0.484. The van der Waals surface area contributed by atoms with Crippen molar-refractivity contribution in [2.24, 2.45) is 0 Å². The summed E-state index contributed by atoms with van der Waals surface area (Å²) in [6.45, 7) is 2.20. The van der Waals surface area contributed by atoms with Crippen LogP contribution in [0.5, 0.6) is 0 Å². The van der Waals surface area contributed by atoms with Gasteiger partial charge in [-0.25, -0.2) is 9.97 Å². The molecule has 3 nitrogen and oxygen atoms in total. The van der Waals surface area contributed by atoms with Crippen LogP contribution in [-0.4, -0.2) is 15.7 Å². The highest BCUT2D eigenvalue weighted by molar-refractivity contribution is 7.99. The van der Waals surface area contributed by atoms with Crippen LogP contribution in [0.15, 0.2) is 17.4 Å². The standard InChI is InChI=1S/C9H15N3S/c1-2-3-4-5-13-9-7-11-8(10)6-12-9/h6-7H,2-5H2,1H3,(H2,10,11). The zero-order valence-corrected chi connectivity index (χ0v) is 8.68. The lowest BCUT2D eigenvalue weighted by atomic mass is 10.3. The van der Waals surface area contributed by atoms with Crippen LogP contribution < -0.4 is 5.73 Å². The smallest absolute Gasteiger partial charge is 0.141 e. The van der Waals surface area contributed by atoms with E-state index in [2.05, 4.69) is 16.9 Å². The molecule has 0 unspecified atom stereocenters. The monoisotopic (exact) mass is 197 g/mol. The van der Waals surface area contributed by atoms with E-state index >= 15 is 0 Å². The third-order valence-corrected chi connectivity index (χ3v) is 2.65. The molecule has 0 saturated heterocycles. The molecule has 0 amide bonds. The van der Waals surface area contributed by atoms with Gasteiger partial charge in [0.25, 0.3) is 0 Å². The molecule has 1 aromatic rings. The van der Waals surface area contributed by atoms with Crippen molar-refractivity contribution in [3.8, 4) is 0 Å². The van der Waals surface area contributed by atoms with Crippen LogP contribution in [0.2, 0.25) is 0 Å². The van der Waals surface area contributed by atoms with E-state index in [0.29, 0.717) is 5.82 Å². The third kappa shape index (κ3) is 4.12. The van der Waals surface area contributed by atoms with Gasteiger partial charge < -0.3 is 5.73 Å². The lowest BCUT2D eigenvalue weighted by Gasteiger charge is -1.99. The average Bonchev–Trinajstić information content (AvgIpc) is 2.15. The van der Waals surface area contributed by atoms with Gasteiger partial charge in [0.05, 0.1) is 12.4 Å². The van der Waals surface area contributed by atoms with Crippen LogP contribution in [0.25, 0.3) is 0 Å². The van der Waals surface area contributed by atoms with E-state index < -0.39 is 0 Å². The zero-order valence-electron chi connectivity index (χ0n) is 7.86. The second kappa shape index (κ2) is 5.80. The molecule has 1 aromatic heterocycles. The van der Waals surface area contributed by atoms with Gasteiger partial charge in [0.1, 0.15) is 10.8 Å². The summed E-state index contributed by atoms with van der Waals surface area (Å²) < 4.78 is 0. The van der Waals surface area contributed by atoms with Crippen molar-refractivity contribution in [2.45, 2.75) is 31.2 Å². The lowest BCUT2D eigenvalue weighted by molar-refractivity contribution is 0.778. The molecular weight excluding hydrogens is 182 g/mol. The highest BCUT2D eigenvalue weighted by Crippen LogP contribution is 2.16. The Labute approximate surface area is 83.2 Å². The molecule has 0 aromatic carbocycles. The summed E-state index contributed by atoms with van der Waals surface area (Å²) in [4.78, 5) is 8.12. The number of hydrogen-bond acceptors (Lipinski definition) is 4. The van der Waals surface area contributed by atoms with Crippen molar-refractivity contribution in [3.63, 3.8) is 0 Å². The number of nitrogens with zero attached hydrogens (tertiary/aromatic N) is 2. The maximum Gasteiger partial charge on any atom is 0.141 e. The Morgan fingerprint density at radius 1 is 1.31 bits per heavy atom. The minimum atomic E-state index is 0.484. The van der Waals surface area contributed by atoms with Crippen LogP contribution in [0.3, 0.4) is 0 Å². The summed E-state index contributed by atoms with van der Waals surface area (Å²) in [6.07, 6.45) is 7.12. The van der Waals surface area contributed by atoms with E-state index in [1.807, 2.05) is 0 Å². The van der Waals surface area contributed by atoms with Crippen LogP contribution in [0, 0.1) is 0 Å². The van der Waals surface area contributed by atoms with Crippen molar-refractivity contribution in [1.29, 1.82) is 0 Å². The minimum Gasteiger partial charge on any atom is -0.382 e. The van der Waals surface area contributed by atoms with Gasteiger partial charge in [-0.15, -0.1) is 11.8 Å². The van der Waals surface area contributed by atoms with E-state index in [4.69, 9.17) is 5.73 Å². The van der Waals surface area contributed by atoms with Gasteiger partial charge >= 0.3 is 0 Å². The van der Waals surface area contributed by atoms with Gasteiger partial charge in [0, 0.05) is 0 Å². The second-order valence-corrected chi connectivity index (χ2v) is 3.95. The maximum atomic E-state index is 5.42. The molecule has 0 radical (unpaired) electrons. The molecule has 1 rings (SSSR count). The van der Waals surface area contributed by atoms with Crippen molar-refractivity contribution in [3.05, 3.63) is 12.4 Å². The van der Waals surface area contributed by atoms with Gasteiger partial charge in [-0.2, -0.15) is 0 Å². The largest absolute Gasteiger partial charge is 0.382 e. The van der Waals surface area contributed by atoms with E-state index in [1.54, 1.807) is 24.2 Å². The van der Waals surface area contributed by atoms with Crippen molar-refractivity contribution in [2.75, 3.05) is 11.5 Å². The first-order valence-corrected chi connectivity index (χ1v) is 5.52. The van der Waals surface area contributed by atoms with Crippen LogP contribution >= 0.6 is 11.8 Å². The second-order valence-electron chi connectivity index (χ2n) is 2.84. The Kier molecular flexibility index (Phi) is 4.60. The van der Waals surface area contributed by atoms with Gasteiger partial charge in [0.2, 0.25) is 0 Å². The highest BCUT2D eigenvalue weighted by Gasteiger charge is 1.95. The van der Waals surface area contributed by atoms with E-state index in [-0.39, 0.29) is 0 Å². The Morgan fingerprint density at radius 3 is 2.77 bits per heavy atom. The molecule has 0 spiro atoms.